The molecule has 6 heteroatoms. The van der Waals surface area contributed by atoms with E-state index in [2.05, 4.69) is 5.43 Å². The lowest BCUT2D eigenvalue weighted by Gasteiger charge is -2.13. The van der Waals surface area contributed by atoms with Crippen LogP contribution in [0, 0.1) is 0 Å². The van der Waals surface area contributed by atoms with Gasteiger partial charge in [0.25, 0.3) is 5.91 Å². The van der Waals surface area contributed by atoms with Crippen molar-refractivity contribution in [2.24, 2.45) is 5.84 Å². The number of carbonyl (C=O) groups excluding carboxylic acids is 1. The van der Waals surface area contributed by atoms with Crippen molar-refractivity contribution < 1.29 is 14.3 Å². The number of nitrogens with two attached hydrogens (primary N) is 1. The van der Waals surface area contributed by atoms with Crippen molar-refractivity contribution in [1.29, 1.82) is 0 Å². The van der Waals surface area contributed by atoms with Gasteiger partial charge in [0, 0.05) is 16.1 Å². The molecule has 0 heterocycles. The number of amides is 1. The molecule has 0 fully saturated rings. The highest BCUT2D eigenvalue weighted by atomic mass is 35.5. The summed E-state index contributed by atoms with van der Waals surface area (Å²) in [6, 6.07) is 12.2. The highest BCUT2D eigenvalue weighted by molar-refractivity contribution is 6.30. The first kappa shape index (κ1) is 16.1. The summed E-state index contributed by atoms with van der Waals surface area (Å²) in [5.41, 5.74) is 3.30. The van der Waals surface area contributed by atoms with Crippen molar-refractivity contribution in [3.8, 4) is 11.5 Å². The third-order valence-corrected chi connectivity index (χ3v) is 3.18. The molecular formula is C16H17ClN2O3. The second-order valence-electron chi connectivity index (χ2n) is 4.48. The highest BCUT2D eigenvalue weighted by Gasteiger charge is 2.10. The van der Waals surface area contributed by atoms with Crippen molar-refractivity contribution in [2.75, 3.05) is 6.61 Å². The number of carbonyl (C=O) groups is 1. The summed E-state index contributed by atoms with van der Waals surface area (Å²) in [6.45, 7) is 2.66. The van der Waals surface area contributed by atoms with Gasteiger partial charge in [-0.15, -0.1) is 0 Å². The van der Waals surface area contributed by atoms with Crippen LogP contribution in [0.15, 0.2) is 42.5 Å². The maximum absolute atomic E-state index is 11.6. The Labute approximate surface area is 134 Å². The molecule has 2 aromatic rings. The summed E-state index contributed by atoms with van der Waals surface area (Å²) >= 11 is 5.92. The van der Waals surface area contributed by atoms with E-state index in [4.69, 9.17) is 26.9 Å². The Balaban J connectivity index is 2.20. The van der Waals surface area contributed by atoms with Crippen LogP contribution in [-0.4, -0.2) is 12.5 Å². The van der Waals surface area contributed by atoms with Crippen LogP contribution in [0.25, 0.3) is 0 Å². The Hall–Kier alpha value is -2.24. The first-order valence-corrected chi connectivity index (χ1v) is 7.17. The Morgan fingerprint density at radius 2 is 2.05 bits per heavy atom. The topological polar surface area (TPSA) is 73.6 Å². The third-order valence-electron chi connectivity index (χ3n) is 2.94. The Bertz CT molecular complexity index is 662. The molecule has 2 rings (SSSR count). The average molecular weight is 321 g/mol. The maximum Gasteiger partial charge on any atom is 0.265 e. The molecule has 22 heavy (non-hydrogen) atoms. The minimum atomic E-state index is -0.368. The van der Waals surface area contributed by atoms with Crippen LogP contribution >= 0.6 is 11.6 Å². The number of hydrogen-bond acceptors (Lipinski definition) is 4. The molecule has 0 radical (unpaired) electrons. The molecule has 5 nitrogen and oxygen atoms in total. The molecule has 0 saturated carbocycles. The van der Waals surface area contributed by atoms with E-state index in [1.165, 1.54) is 0 Å². The molecule has 0 bridgehead atoms. The van der Waals surface area contributed by atoms with Crippen LogP contribution in [0.2, 0.25) is 5.02 Å². The monoisotopic (exact) mass is 320 g/mol. The molecule has 0 atom stereocenters. The van der Waals surface area contributed by atoms with Gasteiger partial charge in [0.1, 0.15) is 18.1 Å². The van der Waals surface area contributed by atoms with Crippen LogP contribution in [0.4, 0.5) is 0 Å². The Kier molecular flexibility index (Phi) is 5.63. The van der Waals surface area contributed by atoms with Gasteiger partial charge >= 0.3 is 0 Å². The van der Waals surface area contributed by atoms with Crippen molar-refractivity contribution in [3.05, 3.63) is 58.6 Å². The minimum absolute atomic E-state index is 0.251. The van der Waals surface area contributed by atoms with Gasteiger partial charge in [-0.1, -0.05) is 17.7 Å². The van der Waals surface area contributed by atoms with Crippen LogP contribution < -0.4 is 20.7 Å². The molecule has 0 aromatic heterocycles. The van der Waals surface area contributed by atoms with Crippen molar-refractivity contribution in [2.45, 2.75) is 13.5 Å². The Morgan fingerprint density at radius 1 is 1.23 bits per heavy atom. The number of benzene rings is 2. The van der Waals surface area contributed by atoms with Crippen molar-refractivity contribution in [1.82, 2.24) is 5.43 Å². The van der Waals surface area contributed by atoms with Gasteiger partial charge in [-0.05, 0) is 43.3 Å². The van der Waals surface area contributed by atoms with Gasteiger partial charge in [-0.3, -0.25) is 10.2 Å². The number of ether oxygens (including phenoxy) is 2. The van der Waals surface area contributed by atoms with Crippen LogP contribution in [-0.2, 0) is 6.61 Å². The number of nitrogen functional groups attached to an aromatic ring is 1. The zero-order chi connectivity index (χ0) is 15.9. The molecule has 0 aliphatic carbocycles. The fourth-order valence-electron chi connectivity index (χ4n) is 1.93. The molecule has 0 unspecified atom stereocenters. The predicted octanol–water partition coefficient (Wildman–Crippen LogP) is 2.92. The number of rotatable bonds is 6. The second kappa shape index (κ2) is 7.68. The molecule has 116 valence electrons. The fourth-order valence-corrected chi connectivity index (χ4v) is 2.11. The minimum Gasteiger partial charge on any atom is -0.493 e. The van der Waals surface area contributed by atoms with Crippen LogP contribution in [0.1, 0.15) is 22.8 Å². The van der Waals surface area contributed by atoms with Crippen LogP contribution in [0.3, 0.4) is 0 Å². The van der Waals surface area contributed by atoms with E-state index in [9.17, 15) is 4.79 Å². The maximum atomic E-state index is 11.6. The first-order chi connectivity index (χ1) is 10.6. The molecule has 1 amide bonds. The second-order valence-corrected chi connectivity index (χ2v) is 4.91. The number of nitrogens with one attached hydrogen (secondary N) is 1. The van der Waals surface area contributed by atoms with Gasteiger partial charge in [0.15, 0.2) is 0 Å². The molecule has 2 aromatic carbocycles. The summed E-state index contributed by atoms with van der Waals surface area (Å²) in [5.74, 6) is 6.09. The van der Waals surface area contributed by atoms with E-state index in [0.717, 1.165) is 5.56 Å². The summed E-state index contributed by atoms with van der Waals surface area (Å²) in [7, 11) is 0. The molecule has 0 aliphatic heterocycles. The molecule has 0 spiro atoms. The predicted molar refractivity (Wildman–Crippen MR) is 85.0 cm³/mol. The SMILES string of the molecule is CCOc1ccc(C(=O)NN)cc1COc1cccc(Cl)c1. The summed E-state index contributed by atoms with van der Waals surface area (Å²) in [5, 5.41) is 0.596. The smallest absolute Gasteiger partial charge is 0.265 e. The van der Waals surface area contributed by atoms with E-state index in [0.29, 0.717) is 28.7 Å². The number of halogens is 1. The summed E-state index contributed by atoms with van der Waals surface area (Å²) in [6.07, 6.45) is 0. The van der Waals surface area contributed by atoms with E-state index < -0.39 is 0 Å². The number of hydrogen-bond donors (Lipinski definition) is 2. The third kappa shape index (κ3) is 4.13. The van der Waals surface area contributed by atoms with E-state index in [-0.39, 0.29) is 12.5 Å². The zero-order valence-electron chi connectivity index (χ0n) is 12.1. The molecule has 0 aliphatic rings. The summed E-state index contributed by atoms with van der Waals surface area (Å²) in [4.78, 5) is 11.6. The molecule has 0 saturated heterocycles. The van der Waals surface area contributed by atoms with Gasteiger partial charge in [-0.25, -0.2) is 5.84 Å². The lowest BCUT2D eigenvalue weighted by Crippen LogP contribution is -2.30. The average Bonchev–Trinajstić information content (AvgIpc) is 2.53. The zero-order valence-corrected chi connectivity index (χ0v) is 12.9. The first-order valence-electron chi connectivity index (χ1n) is 6.79. The Morgan fingerprint density at radius 3 is 2.73 bits per heavy atom. The van der Waals surface area contributed by atoms with Crippen molar-refractivity contribution in [3.63, 3.8) is 0 Å². The van der Waals surface area contributed by atoms with Crippen LogP contribution in [0.5, 0.6) is 11.5 Å². The fraction of sp³-hybridized carbons (Fsp3) is 0.188. The quantitative estimate of drug-likeness (QED) is 0.487. The molecular weight excluding hydrogens is 304 g/mol. The standard InChI is InChI=1S/C16H17ClN2O3/c1-2-21-15-7-6-11(16(20)19-18)8-12(15)10-22-14-5-3-4-13(17)9-14/h3-9H,2,10,18H2,1H3,(H,19,20). The normalized spacial score (nSPS) is 10.1. The van der Waals surface area contributed by atoms with Gasteiger partial charge in [0.2, 0.25) is 0 Å². The van der Waals surface area contributed by atoms with Gasteiger partial charge < -0.3 is 9.47 Å². The highest BCUT2D eigenvalue weighted by Crippen LogP contribution is 2.24. The number of hydrazine groups is 1. The summed E-state index contributed by atoms with van der Waals surface area (Å²) < 4.78 is 11.2. The van der Waals surface area contributed by atoms with E-state index >= 15 is 0 Å². The largest absolute Gasteiger partial charge is 0.493 e. The lowest BCUT2D eigenvalue weighted by molar-refractivity contribution is 0.0953. The van der Waals surface area contributed by atoms with E-state index in [1.807, 2.05) is 13.0 Å². The van der Waals surface area contributed by atoms with E-state index in [1.54, 1.807) is 36.4 Å². The molecule has 3 N–H and O–H groups in total. The van der Waals surface area contributed by atoms with Gasteiger partial charge in [0.05, 0.1) is 6.61 Å². The van der Waals surface area contributed by atoms with Crippen molar-refractivity contribution >= 4 is 17.5 Å². The lowest BCUT2D eigenvalue weighted by atomic mass is 10.1. The van der Waals surface area contributed by atoms with Gasteiger partial charge in [-0.2, -0.15) is 0 Å².